The number of rotatable bonds is 2. The standard InChI is InChI=1S/C13H23N3O2/c1-13(2,3)18-12(17)15-8-11-9-16(4)6-5-10(11)7-14/h10-11H,5-6,8-9H2,1-4H3,(H,15,17)/t10-,11+/m0/s1. The Labute approximate surface area is 109 Å². The van der Waals surface area contributed by atoms with Crippen molar-refractivity contribution >= 4 is 6.09 Å². The first kappa shape index (κ1) is 14.8. The van der Waals surface area contributed by atoms with Crippen LogP contribution in [0.25, 0.3) is 0 Å². The Hall–Kier alpha value is -1.28. The third-order valence-electron chi connectivity index (χ3n) is 3.01. The summed E-state index contributed by atoms with van der Waals surface area (Å²) in [5, 5.41) is 11.8. The molecule has 0 aromatic rings. The highest BCUT2D eigenvalue weighted by atomic mass is 16.6. The van der Waals surface area contributed by atoms with Gasteiger partial charge in [0.1, 0.15) is 5.60 Å². The summed E-state index contributed by atoms with van der Waals surface area (Å²) in [6, 6.07) is 2.33. The van der Waals surface area contributed by atoms with Gasteiger partial charge in [0.15, 0.2) is 0 Å². The summed E-state index contributed by atoms with van der Waals surface area (Å²) in [5.74, 6) is 0.206. The first-order valence-electron chi connectivity index (χ1n) is 6.37. The molecule has 0 bridgehead atoms. The number of hydrogen-bond acceptors (Lipinski definition) is 4. The summed E-state index contributed by atoms with van der Waals surface area (Å²) < 4.78 is 5.18. The van der Waals surface area contributed by atoms with Crippen molar-refractivity contribution in [3.05, 3.63) is 0 Å². The average Bonchev–Trinajstić information content (AvgIpc) is 2.24. The largest absolute Gasteiger partial charge is 0.444 e. The Kier molecular flexibility index (Phi) is 4.97. The number of ether oxygens (including phenoxy) is 1. The van der Waals surface area contributed by atoms with Crippen molar-refractivity contribution in [1.82, 2.24) is 10.2 Å². The van der Waals surface area contributed by atoms with Gasteiger partial charge in [0.25, 0.3) is 0 Å². The molecule has 5 heteroatoms. The number of nitrogens with one attached hydrogen (secondary N) is 1. The number of hydrogen-bond donors (Lipinski definition) is 1. The smallest absolute Gasteiger partial charge is 0.407 e. The quantitative estimate of drug-likeness (QED) is 0.812. The zero-order chi connectivity index (χ0) is 13.8. The maximum absolute atomic E-state index is 11.5. The van der Waals surface area contributed by atoms with Crippen LogP contribution in [0, 0.1) is 23.2 Å². The molecule has 1 aliphatic rings. The molecule has 1 saturated heterocycles. The lowest BCUT2D eigenvalue weighted by Crippen LogP contribution is -2.44. The monoisotopic (exact) mass is 253 g/mol. The Morgan fingerprint density at radius 3 is 2.78 bits per heavy atom. The normalized spacial score (nSPS) is 25.3. The highest BCUT2D eigenvalue weighted by Gasteiger charge is 2.28. The van der Waals surface area contributed by atoms with E-state index in [0.29, 0.717) is 6.54 Å². The summed E-state index contributed by atoms with van der Waals surface area (Å²) in [6.07, 6.45) is 0.459. The van der Waals surface area contributed by atoms with E-state index in [1.165, 1.54) is 0 Å². The van der Waals surface area contributed by atoms with Crippen LogP contribution >= 0.6 is 0 Å². The molecule has 102 valence electrons. The lowest BCUT2D eigenvalue weighted by Gasteiger charge is -2.33. The van der Waals surface area contributed by atoms with Gasteiger partial charge in [-0.2, -0.15) is 5.26 Å². The van der Waals surface area contributed by atoms with Crippen LogP contribution in [0.4, 0.5) is 4.79 Å². The molecule has 0 unspecified atom stereocenters. The van der Waals surface area contributed by atoms with Crippen LogP contribution in [-0.4, -0.2) is 43.3 Å². The van der Waals surface area contributed by atoms with Gasteiger partial charge < -0.3 is 15.0 Å². The van der Waals surface area contributed by atoms with Crippen LogP contribution in [-0.2, 0) is 4.74 Å². The van der Waals surface area contributed by atoms with Crippen molar-refractivity contribution < 1.29 is 9.53 Å². The topological polar surface area (TPSA) is 65.4 Å². The number of likely N-dealkylation sites (tertiary alicyclic amines) is 1. The summed E-state index contributed by atoms with van der Waals surface area (Å²) in [6.45, 7) is 7.78. The highest BCUT2D eigenvalue weighted by Crippen LogP contribution is 2.21. The minimum Gasteiger partial charge on any atom is -0.444 e. The number of piperidine rings is 1. The molecule has 0 aromatic heterocycles. The Bertz CT molecular complexity index is 330. The van der Waals surface area contributed by atoms with Gasteiger partial charge >= 0.3 is 6.09 Å². The first-order chi connectivity index (χ1) is 8.31. The predicted octanol–water partition coefficient (Wildman–Crippen LogP) is 1.60. The summed E-state index contributed by atoms with van der Waals surface area (Å²) in [5.41, 5.74) is -0.484. The predicted molar refractivity (Wildman–Crippen MR) is 68.9 cm³/mol. The van der Waals surface area contributed by atoms with Crippen LogP contribution in [0.15, 0.2) is 0 Å². The van der Waals surface area contributed by atoms with Crippen molar-refractivity contribution in [2.75, 3.05) is 26.7 Å². The van der Waals surface area contributed by atoms with E-state index in [1.54, 1.807) is 0 Å². The lowest BCUT2D eigenvalue weighted by molar-refractivity contribution is 0.0502. The summed E-state index contributed by atoms with van der Waals surface area (Å²) >= 11 is 0. The van der Waals surface area contributed by atoms with Gasteiger partial charge in [-0.15, -0.1) is 0 Å². The van der Waals surface area contributed by atoms with Crippen molar-refractivity contribution in [2.45, 2.75) is 32.8 Å². The molecule has 0 radical (unpaired) electrons. The second kappa shape index (κ2) is 6.05. The molecular weight excluding hydrogens is 230 g/mol. The minimum atomic E-state index is -0.484. The van der Waals surface area contributed by atoms with E-state index in [1.807, 2.05) is 27.8 Å². The average molecular weight is 253 g/mol. The number of carbonyl (C=O) groups is 1. The fourth-order valence-corrected chi connectivity index (χ4v) is 2.12. The molecule has 0 aliphatic carbocycles. The third-order valence-corrected chi connectivity index (χ3v) is 3.01. The van der Waals surface area contributed by atoms with Gasteiger partial charge in [0.2, 0.25) is 0 Å². The van der Waals surface area contributed by atoms with Gasteiger partial charge in [-0.1, -0.05) is 0 Å². The summed E-state index contributed by atoms with van der Waals surface area (Å²) in [7, 11) is 2.04. The van der Waals surface area contributed by atoms with Crippen LogP contribution in [0.3, 0.4) is 0 Å². The Morgan fingerprint density at radius 2 is 2.22 bits per heavy atom. The van der Waals surface area contributed by atoms with Crippen molar-refractivity contribution in [3.8, 4) is 6.07 Å². The second-order valence-electron chi connectivity index (χ2n) is 5.93. The molecule has 0 saturated carbocycles. The molecule has 2 atom stereocenters. The Morgan fingerprint density at radius 1 is 1.56 bits per heavy atom. The lowest BCUT2D eigenvalue weighted by atomic mass is 9.87. The van der Waals surface area contributed by atoms with Gasteiger partial charge in [-0.3, -0.25) is 0 Å². The second-order valence-corrected chi connectivity index (χ2v) is 5.93. The fourth-order valence-electron chi connectivity index (χ4n) is 2.12. The van der Waals surface area contributed by atoms with Gasteiger partial charge in [0.05, 0.1) is 12.0 Å². The molecule has 1 heterocycles. The zero-order valence-electron chi connectivity index (χ0n) is 11.7. The SMILES string of the molecule is CN1CC[C@@H](C#N)[C@H](CNC(=O)OC(C)(C)C)C1. The van der Waals surface area contributed by atoms with Crippen molar-refractivity contribution in [3.63, 3.8) is 0 Å². The molecule has 0 spiro atoms. The van der Waals surface area contributed by atoms with E-state index in [4.69, 9.17) is 10.00 Å². The van der Waals surface area contributed by atoms with E-state index in [9.17, 15) is 4.79 Å². The highest BCUT2D eigenvalue weighted by molar-refractivity contribution is 5.67. The molecule has 5 nitrogen and oxygen atoms in total. The van der Waals surface area contributed by atoms with E-state index in [0.717, 1.165) is 19.5 Å². The van der Waals surface area contributed by atoms with Crippen molar-refractivity contribution in [2.24, 2.45) is 11.8 Å². The molecule has 1 rings (SSSR count). The Balaban J connectivity index is 2.41. The van der Waals surface area contributed by atoms with Gasteiger partial charge in [-0.05, 0) is 40.8 Å². The fraction of sp³-hybridized carbons (Fsp3) is 0.846. The number of nitrogens with zero attached hydrogens (tertiary/aromatic N) is 2. The first-order valence-corrected chi connectivity index (χ1v) is 6.37. The maximum Gasteiger partial charge on any atom is 0.407 e. The van der Waals surface area contributed by atoms with Crippen LogP contribution in [0.5, 0.6) is 0 Å². The van der Waals surface area contributed by atoms with Crippen LogP contribution in [0.1, 0.15) is 27.2 Å². The molecule has 18 heavy (non-hydrogen) atoms. The number of nitriles is 1. The minimum absolute atomic E-state index is 0.0242. The van der Waals surface area contributed by atoms with Crippen molar-refractivity contribution in [1.29, 1.82) is 5.26 Å². The van der Waals surface area contributed by atoms with E-state index in [-0.39, 0.29) is 11.8 Å². The number of carbonyl (C=O) groups excluding carboxylic acids is 1. The third kappa shape index (κ3) is 4.92. The van der Waals surface area contributed by atoms with E-state index < -0.39 is 11.7 Å². The van der Waals surface area contributed by atoms with Gasteiger partial charge in [-0.25, -0.2) is 4.79 Å². The molecule has 1 amide bonds. The molecule has 0 aromatic carbocycles. The zero-order valence-corrected chi connectivity index (χ0v) is 11.7. The van der Waals surface area contributed by atoms with E-state index >= 15 is 0 Å². The van der Waals surface area contributed by atoms with E-state index in [2.05, 4.69) is 16.3 Å². The molecule has 1 N–H and O–H groups in total. The van der Waals surface area contributed by atoms with Crippen LogP contribution < -0.4 is 5.32 Å². The molecule has 1 aliphatic heterocycles. The molecule has 1 fully saturated rings. The summed E-state index contributed by atoms with van der Waals surface area (Å²) in [4.78, 5) is 13.7. The molecular formula is C13H23N3O2. The van der Waals surface area contributed by atoms with Gasteiger partial charge in [0, 0.05) is 19.0 Å². The maximum atomic E-state index is 11.5. The number of alkyl carbamates (subject to hydrolysis) is 1. The number of amides is 1. The van der Waals surface area contributed by atoms with Crippen LogP contribution in [0.2, 0.25) is 0 Å².